The third-order valence-corrected chi connectivity index (χ3v) is 3.33. The Hall–Kier alpha value is -3.29. The van der Waals surface area contributed by atoms with E-state index in [2.05, 4.69) is 30.5 Å². The van der Waals surface area contributed by atoms with Gasteiger partial charge in [0.15, 0.2) is 0 Å². The number of nitrogens with two attached hydrogens (primary N) is 1. The Bertz CT molecular complexity index is 924. The summed E-state index contributed by atoms with van der Waals surface area (Å²) in [5.41, 5.74) is 9.97. The lowest BCUT2D eigenvalue weighted by molar-refractivity contribution is 0.873. The van der Waals surface area contributed by atoms with Crippen LogP contribution in [0, 0.1) is 0 Å². The van der Waals surface area contributed by atoms with Gasteiger partial charge in [-0.15, -0.1) is 5.10 Å². The van der Waals surface area contributed by atoms with Crippen molar-refractivity contribution in [2.24, 2.45) is 0 Å². The lowest BCUT2D eigenvalue weighted by Gasteiger charge is -2.01. The number of rotatable bonds is 3. The summed E-state index contributed by atoms with van der Waals surface area (Å²) in [6.07, 6.45) is 7.91. The van der Waals surface area contributed by atoms with Gasteiger partial charge in [0.05, 0.1) is 18.1 Å². The molecule has 0 radical (unpaired) electrons. The predicted octanol–water partition coefficient (Wildman–Crippen LogP) is 1.11. The molecular weight excluding hydrogens is 280 g/mol. The Morgan fingerprint density at radius 3 is 3.05 bits per heavy atom. The lowest BCUT2D eigenvalue weighted by Crippen LogP contribution is -1.96. The highest BCUT2D eigenvalue weighted by molar-refractivity contribution is 5.76. The molecule has 8 heteroatoms. The molecule has 0 aliphatic rings. The van der Waals surface area contributed by atoms with Crippen molar-refractivity contribution in [2.45, 2.75) is 6.42 Å². The molecule has 0 aliphatic heterocycles. The van der Waals surface area contributed by atoms with E-state index in [-0.39, 0.29) is 0 Å². The van der Waals surface area contributed by atoms with Crippen molar-refractivity contribution < 1.29 is 0 Å². The second-order valence-corrected chi connectivity index (χ2v) is 4.88. The van der Waals surface area contributed by atoms with E-state index >= 15 is 0 Å². The first-order valence-corrected chi connectivity index (χ1v) is 6.69. The van der Waals surface area contributed by atoms with E-state index in [4.69, 9.17) is 5.73 Å². The minimum absolute atomic E-state index is 0.427. The summed E-state index contributed by atoms with van der Waals surface area (Å²) in [4.78, 5) is 8.23. The van der Waals surface area contributed by atoms with Gasteiger partial charge in [0, 0.05) is 18.8 Å². The predicted molar refractivity (Wildman–Crippen MR) is 80.3 cm³/mol. The number of aromatic amines is 1. The first-order chi connectivity index (χ1) is 10.8. The van der Waals surface area contributed by atoms with Crippen molar-refractivity contribution in [1.82, 2.24) is 35.2 Å². The summed E-state index contributed by atoms with van der Waals surface area (Å²) in [6.45, 7) is 0. The second-order valence-electron chi connectivity index (χ2n) is 4.88. The van der Waals surface area contributed by atoms with Crippen molar-refractivity contribution in [2.75, 3.05) is 5.73 Å². The maximum Gasteiger partial charge on any atom is 0.203 e. The van der Waals surface area contributed by atoms with Crippen LogP contribution in [0.3, 0.4) is 0 Å². The molecule has 0 bridgehead atoms. The van der Waals surface area contributed by atoms with Crippen molar-refractivity contribution in [3.63, 3.8) is 0 Å². The molecule has 0 unspecified atom stereocenters. The zero-order chi connectivity index (χ0) is 14.9. The Kier molecular flexibility index (Phi) is 2.78. The zero-order valence-electron chi connectivity index (χ0n) is 11.5. The Morgan fingerprint density at radius 2 is 2.18 bits per heavy atom. The van der Waals surface area contributed by atoms with Gasteiger partial charge in [-0.05, 0) is 29.3 Å². The van der Waals surface area contributed by atoms with Gasteiger partial charge >= 0.3 is 0 Å². The Labute approximate surface area is 125 Å². The number of pyridine rings is 2. The van der Waals surface area contributed by atoms with E-state index in [9.17, 15) is 0 Å². The van der Waals surface area contributed by atoms with Gasteiger partial charge in [0.2, 0.25) is 5.65 Å². The van der Waals surface area contributed by atoms with Crippen LogP contribution in [-0.2, 0) is 6.42 Å². The SMILES string of the molecule is Nc1cc(Cc2cnn(-c3cccnc3)c2)c2n[nH]nc2n1. The Balaban J connectivity index is 1.69. The van der Waals surface area contributed by atoms with Crippen LogP contribution in [0.1, 0.15) is 11.1 Å². The van der Waals surface area contributed by atoms with Crippen LogP contribution in [-0.4, -0.2) is 35.2 Å². The van der Waals surface area contributed by atoms with Crippen LogP contribution in [0.2, 0.25) is 0 Å². The molecule has 0 aliphatic carbocycles. The molecule has 3 N–H and O–H groups in total. The molecule has 0 saturated heterocycles. The van der Waals surface area contributed by atoms with Gasteiger partial charge in [-0.3, -0.25) is 4.98 Å². The molecule has 4 heterocycles. The van der Waals surface area contributed by atoms with Crippen LogP contribution in [0.25, 0.3) is 16.9 Å². The summed E-state index contributed by atoms with van der Waals surface area (Å²) in [5, 5.41) is 15.0. The highest BCUT2D eigenvalue weighted by atomic mass is 15.3. The van der Waals surface area contributed by atoms with Gasteiger partial charge in [0.1, 0.15) is 11.3 Å². The molecule has 22 heavy (non-hydrogen) atoms. The van der Waals surface area contributed by atoms with Crippen molar-refractivity contribution in [3.8, 4) is 5.69 Å². The summed E-state index contributed by atoms with van der Waals surface area (Å²) in [5.74, 6) is 0.427. The number of hydrogen-bond acceptors (Lipinski definition) is 6. The van der Waals surface area contributed by atoms with E-state index in [1.807, 2.05) is 30.6 Å². The molecule has 0 spiro atoms. The summed E-state index contributed by atoms with van der Waals surface area (Å²) < 4.78 is 1.78. The number of anilines is 1. The molecule has 0 amide bonds. The molecule has 0 saturated carbocycles. The number of nitrogens with one attached hydrogen (secondary N) is 1. The number of H-pyrrole nitrogens is 1. The molecule has 4 aromatic heterocycles. The third-order valence-electron chi connectivity index (χ3n) is 3.33. The second kappa shape index (κ2) is 4.92. The van der Waals surface area contributed by atoms with Crippen LogP contribution in [0.15, 0.2) is 43.0 Å². The Morgan fingerprint density at radius 1 is 1.23 bits per heavy atom. The van der Waals surface area contributed by atoms with Crippen molar-refractivity contribution in [1.29, 1.82) is 0 Å². The zero-order valence-corrected chi connectivity index (χ0v) is 11.5. The number of fused-ring (bicyclic) bond motifs is 1. The smallest absolute Gasteiger partial charge is 0.203 e. The monoisotopic (exact) mass is 292 g/mol. The van der Waals surface area contributed by atoms with E-state index in [0.717, 1.165) is 22.3 Å². The molecule has 0 fully saturated rings. The fourth-order valence-corrected chi connectivity index (χ4v) is 2.36. The minimum atomic E-state index is 0.427. The molecule has 0 atom stereocenters. The number of aromatic nitrogens is 7. The van der Waals surface area contributed by atoms with E-state index < -0.39 is 0 Å². The average molecular weight is 292 g/mol. The number of nitrogens with zero attached hydrogens (tertiary/aromatic N) is 6. The van der Waals surface area contributed by atoms with Gasteiger partial charge < -0.3 is 5.73 Å². The maximum absolute atomic E-state index is 5.81. The van der Waals surface area contributed by atoms with Gasteiger partial charge in [-0.2, -0.15) is 15.4 Å². The van der Waals surface area contributed by atoms with E-state index in [1.54, 1.807) is 17.1 Å². The minimum Gasteiger partial charge on any atom is -0.384 e. The average Bonchev–Trinajstić information content (AvgIpc) is 3.17. The fourth-order valence-electron chi connectivity index (χ4n) is 2.36. The first kappa shape index (κ1) is 12.5. The highest BCUT2D eigenvalue weighted by Gasteiger charge is 2.10. The van der Waals surface area contributed by atoms with E-state index in [1.165, 1.54) is 0 Å². The third kappa shape index (κ3) is 2.16. The number of hydrogen-bond donors (Lipinski definition) is 2. The highest BCUT2D eigenvalue weighted by Crippen LogP contribution is 2.19. The normalized spacial score (nSPS) is 11.1. The summed E-state index contributed by atoms with van der Waals surface area (Å²) >= 11 is 0. The molecule has 4 aromatic rings. The molecule has 108 valence electrons. The van der Waals surface area contributed by atoms with Crippen LogP contribution < -0.4 is 5.73 Å². The van der Waals surface area contributed by atoms with Gasteiger partial charge in [0.25, 0.3) is 0 Å². The summed E-state index contributed by atoms with van der Waals surface area (Å²) in [6, 6.07) is 5.63. The van der Waals surface area contributed by atoms with Gasteiger partial charge in [-0.1, -0.05) is 0 Å². The molecule has 4 rings (SSSR count). The van der Waals surface area contributed by atoms with Crippen LogP contribution in [0.4, 0.5) is 5.82 Å². The topological polar surface area (TPSA) is 111 Å². The largest absolute Gasteiger partial charge is 0.384 e. The standard InChI is InChI=1S/C14H12N8/c15-12-5-10(13-14(18-12)20-21-19-13)4-9-6-17-22(8-9)11-2-1-3-16-7-11/h1-3,5-8H,4H2,(H3,15,18,19,20,21). The van der Waals surface area contributed by atoms with Crippen LogP contribution in [0.5, 0.6) is 0 Å². The quantitative estimate of drug-likeness (QED) is 0.585. The van der Waals surface area contributed by atoms with Crippen molar-refractivity contribution in [3.05, 3.63) is 54.1 Å². The van der Waals surface area contributed by atoms with Crippen LogP contribution >= 0.6 is 0 Å². The van der Waals surface area contributed by atoms with E-state index in [0.29, 0.717) is 17.9 Å². The molecule has 8 nitrogen and oxygen atoms in total. The van der Waals surface area contributed by atoms with Crippen molar-refractivity contribution >= 4 is 17.0 Å². The summed E-state index contributed by atoms with van der Waals surface area (Å²) in [7, 11) is 0. The van der Waals surface area contributed by atoms with Gasteiger partial charge in [-0.25, -0.2) is 9.67 Å². The molecule has 0 aromatic carbocycles. The fraction of sp³-hybridized carbons (Fsp3) is 0.0714. The number of nitrogen functional groups attached to an aromatic ring is 1. The molecular formula is C14H12N8. The maximum atomic E-state index is 5.81. The lowest BCUT2D eigenvalue weighted by atomic mass is 10.1. The first-order valence-electron chi connectivity index (χ1n) is 6.69.